The molecule has 0 aliphatic heterocycles. The van der Waals surface area contributed by atoms with Crippen LogP contribution in [0.5, 0.6) is 0 Å². The number of para-hydroxylation sites is 1. The van der Waals surface area contributed by atoms with Crippen LogP contribution in [0, 0.1) is 6.92 Å². The van der Waals surface area contributed by atoms with E-state index in [1.807, 2.05) is 36.4 Å². The topological polar surface area (TPSA) is 30.0 Å². The molecular weight excluding hydrogens is 258 g/mol. The molecule has 2 nitrogen and oxygen atoms in total. The molecule has 0 amide bonds. The fraction of sp³-hybridized carbons (Fsp3) is 0.158. The molecule has 3 rings (SSSR count). The summed E-state index contributed by atoms with van der Waals surface area (Å²) in [5, 5.41) is 1.01. The molecule has 1 heterocycles. The first-order chi connectivity index (χ1) is 10.2. The molecule has 0 bridgehead atoms. The Morgan fingerprint density at radius 2 is 1.86 bits per heavy atom. The molecule has 2 heteroatoms. The fourth-order valence-electron chi connectivity index (χ4n) is 2.59. The highest BCUT2D eigenvalue weighted by molar-refractivity contribution is 6.06. The van der Waals surface area contributed by atoms with Gasteiger partial charge in [-0.25, -0.2) is 0 Å². The van der Waals surface area contributed by atoms with Gasteiger partial charge in [0.1, 0.15) is 0 Å². The molecule has 0 unspecified atom stereocenters. The smallest absolute Gasteiger partial charge is 0.165 e. The van der Waals surface area contributed by atoms with Gasteiger partial charge in [-0.15, -0.1) is 0 Å². The van der Waals surface area contributed by atoms with Crippen LogP contribution in [0.3, 0.4) is 0 Å². The van der Waals surface area contributed by atoms with Gasteiger partial charge in [-0.05, 0) is 31.0 Å². The zero-order valence-electron chi connectivity index (χ0n) is 12.0. The Hall–Kier alpha value is -2.48. The van der Waals surface area contributed by atoms with Crippen molar-refractivity contribution in [2.24, 2.45) is 0 Å². The van der Waals surface area contributed by atoms with Gasteiger partial charge in [0.05, 0.1) is 5.52 Å². The van der Waals surface area contributed by atoms with E-state index in [1.165, 1.54) is 11.1 Å². The SMILES string of the molecule is Cc1cccc(CCC(=O)c2cccc3cccnc23)c1. The third-order valence-corrected chi connectivity index (χ3v) is 3.66. The number of carbonyl (C=O) groups excluding carboxylic acids is 1. The minimum Gasteiger partial charge on any atom is -0.294 e. The molecule has 0 saturated heterocycles. The van der Waals surface area contributed by atoms with Gasteiger partial charge in [-0.2, -0.15) is 0 Å². The van der Waals surface area contributed by atoms with Crippen molar-refractivity contribution in [3.63, 3.8) is 0 Å². The van der Waals surface area contributed by atoms with Gasteiger partial charge in [0.25, 0.3) is 0 Å². The number of aromatic nitrogens is 1. The third kappa shape index (κ3) is 3.00. The van der Waals surface area contributed by atoms with Crippen molar-refractivity contribution < 1.29 is 4.79 Å². The van der Waals surface area contributed by atoms with Crippen molar-refractivity contribution in [2.75, 3.05) is 0 Å². The van der Waals surface area contributed by atoms with Gasteiger partial charge in [0, 0.05) is 23.6 Å². The van der Waals surface area contributed by atoms with Gasteiger partial charge in [-0.3, -0.25) is 9.78 Å². The minimum atomic E-state index is 0.154. The molecule has 0 fully saturated rings. The molecule has 0 aliphatic rings. The maximum absolute atomic E-state index is 12.5. The van der Waals surface area contributed by atoms with E-state index in [0.29, 0.717) is 6.42 Å². The van der Waals surface area contributed by atoms with Crippen molar-refractivity contribution in [1.82, 2.24) is 4.98 Å². The van der Waals surface area contributed by atoms with Crippen LogP contribution < -0.4 is 0 Å². The maximum atomic E-state index is 12.5. The quantitative estimate of drug-likeness (QED) is 0.662. The summed E-state index contributed by atoms with van der Waals surface area (Å²) >= 11 is 0. The highest BCUT2D eigenvalue weighted by Gasteiger charge is 2.10. The van der Waals surface area contributed by atoms with Crippen molar-refractivity contribution in [3.8, 4) is 0 Å². The Kier molecular flexibility index (Phi) is 3.78. The number of fused-ring (bicyclic) bond motifs is 1. The van der Waals surface area contributed by atoms with Gasteiger partial charge in [0.2, 0.25) is 0 Å². The largest absolute Gasteiger partial charge is 0.294 e. The average molecular weight is 275 g/mol. The number of carbonyl (C=O) groups is 1. The summed E-state index contributed by atoms with van der Waals surface area (Å²) in [6.07, 6.45) is 3.02. The second-order valence-corrected chi connectivity index (χ2v) is 5.29. The molecule has 1 aromatic heterocycles. The molecule has 0 spiro atoms. The van der Waals surface area contributed by atoms with E-state index in [4.69, 9.17) is 0 Å². The van der Waals surface area contributed by atoms with E-state index in [1.54, 1.807) is 6.20 Å². The lowest BCUT2D eigenvalue weighted by atomic mass is 10.00. The van der Waals surface area contributed by atoms with Crippen molar-refractivity contribution in [3.05, 3.63) is 77.5 Å². The molecule has 104 valence electrons. The van der Waals surface area contributed by atoms with Crippen LogP contribution in [0.25, 0.3) is 10.9 Å². The van der Waals surface area contributed by atoms with Crippen LogP contribution in [-0.4, -0.2) is 10.8 Å². The zero-order valence-corrected chi connectivity index (χ0v) is 12.0. The van der Waals surface area contributed by atoms with Crippen molar-refractivity contribution in [1.29, 1.82) is 0 Å². The number of nitrogens with zero attached hydrogens (tertiary/aromatic N) is 1. The number of rotatable bonds is 4. The highest BCUT2D eigenvalue weighted by Crippen LogP contribution is 2.18. The number of pyridine rings is 1. The van der Waals surface area contributed by atoms with Gasteiger partial charge in [-0.1, -0.05) is 48.0 Å². The number of hydrogen-bond donors (Lipinski definition) is 0. The molecule has 0 atom stereocenters. The first-order valence-electron chi connectivity index (χ1n) is 7.16. The first-order valence-corrected chi connectivity index (χ1v) is 7.16. The summed E-state index contributed by atoms with van der Waals surface area (Å²) in [7, 11) is 0. The molecule has 2 aromatic carbocycles. The minimum absolute atomic E-state index is 0.154. The Bertz CT molecular complexity index is 787. The molecule has 3 aromatic rings. The van der Waals surface area contributed by atoms with E-state index >= 15 is 0 Å². The van der Waals surface area contributed by atoms with Crippen LogP contribution >= 0.6 is 0 Å². The Balaban J connectivity index is 1.81. The molecule has 0 radical (unpaired) electrons. The van der Waals surface area contributed by atoms with Crippen LogP contribution in [-0.2, 0) is 6.42 Å². The molecule has 0 N–H and O–H groups in total. The van der Waals surface area contributed by atoms with Crippen LogP contribution in [0.4, 0.5) is 0 Å². The third-order valence-electron chi connectivity index (χ3n) is 3.66. The van der Waals surface area contributed by atoms with E-state index in [2.05, 4.69) is 30.1 Å². The zero-order chi connectivity index (χ0) is 14.7. The monoisotopic (exact) mass is 275 g/mol. The van der Waals surface area contributed by atoms with Crippen molar-refractivity contribution in [2.45, 2.75) is 19.8 Å². The van der Waals surface area contributed by atoms with Crippen LogP contribution in [0.15, 0.2) is 60.8 Å². The Labute approximate surface area is 124 Å². The summed E-state index contributed by atoms with van der Waals surface area (Å²) in [5.41, 5.74) is 3.96. The number of ketones is 1. The summed E-state index contributed by atoms with van der Waals surface area (Å²) < 4.78 is 0. The second kappa shape index (κ2) is 5.88. The lowest BCUT2D eigenvalue weighted by Gasteiger charge is -2.05. The van der Waals surface area contributed by atoms with Gasteiger partial charge < -0.3 is 0 Å². The number of Topliss-reactive ketones (excluding diaryl/α,β-unsaturated/α-hetero) is 1. The summed E-state index contributed by atoms with van der Waals surface area (Å²) in [5.74, 6) is 0.154. The molecule has 0 aliphatic carbocycles. The first kappa shape index (κ1) is 13.5. The fourth-order valence-corrected chi connectivity index (χ4v) is 2.59. The van der Waals surface area contributed by atoms with E-state index in [0.717, 1.165) is 22.9 Å². The molecule has 21 heavy (non-hydrogen) atoms. The van der Waals surface area contributed by atoms with Crippen LogP contribution in [0.2, 0.25) is 0 Å². The number of hydrogen-bond acceptors (Lipinski definition) is 2. The standard InChI is InChI=1S/C19H17NO/c1-14-5-2-6-15(13-14)10-11-18(21)17-9-3-7-16-8-4-12-20-19(16)17/h2-9,12-13H,10-11H2,1H3. The van der Waals surface area contributed by atoms with E-state index < -0.39 is 0 Å². The van der Waals surface area contributed by atoms with E-state index in [9.17, 15) is 4.79 Å². The number of aryl methyl sites for hydroxylation is 2. The number of benzene rings is 2. The molecule has 0 saturated carbocycles. The summed E-state index contributed by atoms with van der Waals surface area (Å²) in [6, 6.07) is 18.0. The molecular formula is C19H17NO. The lowest BCUT2D eigenvalue weighted by Crippen LogP contribution is -2.03. The van der Waals surface area contributed by atoms with Crippen LogP contribution in [0.1, 0.15) is 27.9 Å². The maximum Gasteiger partial charge on any atom is 0.165 e. The second-order valence-electron chi connectivity index (χ2n) is 5.29. The van der Waals surface area contributed by atoms with Crippen molar-refractivity contribution >= 4 is 16.7 Å². The summed E-state index contributed by atoms with van der Waals surface area (Å²) in [4.78, 5) is 16.8. The highest BCUT2D eigenvalue weighted by atomic mass is 16.1. The Morgan fingerprint density at radius 3 is 2.71 bits per heavy atom. The normalized spacial score (nSPS) is 10.7. The summed E-state index contributed by atoms with van der Waals surface area (Å²) in [6.45, 7) is 2.07. The van der Waals surface area contributed by atoms with Gasteiger partial charge >= 0.3 is 0 Å². The Morgan fingerprint density at radius 1 is 1.05 bits per heavy atom. The predicted molar refractivity (Wildman–Crippen MR) is 85.6 cm³/mol. The lowest BCUT2D eigenvalue weighted by molar-refractivity contribution is 0.0984. The average Bonchev–Trinajstić information content (AvgIpc) is 2.52. The van der Waals surface area contributed by atoms with Gasteiger partial charge in [0.15, 0.2) is 5.78 Å². The predicted octanol–water partition coefficient (Wildman–Crippen LogP) is 4.36. The van der Waals surface area contributed by atoms with E-state index in [-0.39, 0.29) is 5.78 Å².